The first-order valence-electron chi connectivity index (χ1n) is 6.99. The molecule has 2 aromatic rings. The van der Waals surface area contributed by atoms with Gasteiger partial charge in [-0.15, -0.1) is 0 Å². The number of esters is 1. The van der Waals surface area contributed by atoms with Crippen LogP contribution in [-0.4, -0.2) is 22.9 Å². The minimum absolute atomic E-state index is 0.0709. The Morgan fingerprint density at radius 3 is 2.36 bits per heavy atom. The fraction of sp³-hybridized carbons (Fsp3) is 0.125. The SMILES string of the molecule is CC(OC(=O)c1ccc([N+](=O)[O-])cc1Cl)C(=O)Nc1ccc(Cl)cc1. The predicted molar refractivity (Wildman–Crippen MR) is 93.1 cm³/mol. The third kappa shape index (κ3) is 4.91. The second-order valence-electron chi connectivity index (χ2n) is 4.96. The summed E-state index contributed by atoms with van der Waals surface area (Å²) in [6.07, 6.45) is -1.10. The minimum Gasteiger partial charge on any atom is -0.449 e. The van der Waals surface area contributed by atoms with Crippen molar-refractivity contribution in [3.8, 4) is 0 Å². The van der Waals surface area contributed by atoms with Crippen LogP contribution in [0.5, 0.6) is 0 Å². The monoisotopic (exact) mass is 382 g/mol. The van der Waals surface area contributed by atoms with E-state index in [2.05, 4.69) is 5.32 Å². The second-order valence-corrected chi connectivity index (χ2v) is 5.81. The van der Waals surface area contributed by atoms with Gasteiger partial charge in [-0.05, 0) is 37.3 Å². The number of carbonyl (C=O) groups excluding carboxylic acids is 2. The highest BCUT2D eigenvalue weighted by atomic mass is 35.5. The fourth-order valence-electron chi connectivity index (χ4n) is 1.84. The highest BCUT2D eigenvalue weighted by Crippen LogP contribution is 2.23. The highest BCUT2D eigenvalue weighted by Gasteiger charge is 2.22. The molecular formula is C16H12Cl2N2O5. The van der Waals surface area contributed by atoms with Crippen LogP contribution in [0.2, 0.25) is 10.0 Å². The van der Waals surface area contributed by atoms with Crippen LogP contribution in [0.4, 0.5) is 11.4 Å². The van der Waals surface area contributed by atoms with E-state index >= 15 is 0 Å². The number of ether oxygens (including phenoxy) is 1. The van der Waals surface area contributed by atoms with Crippen LogP contribution in [0.25, 0.3) is 0 Å². The van der Waals surface area contributed by atoms with Crippen LogP contribution in [-0.2, 0) is 9.53 Å². The molecule has 0 aromatic heterocycles. The van der Waals surface area contributed by atoms with Crippen molar-refractivity contribution < 1.29 is 19.2 Å². The Morgan fingerprint density at radius 2 is 1.80 bits per heavy atom. The van der Waals surface area contributed by atoms with E-state index in [4.69, 9.17) is 27.9 Å². The second kappa shape index (κ2) is 7.96. The smallest absolute Gasteiger partial charge is 0.340 e. The zero-order valence-corrected chi connectivity index (χ0v) is 14.4. The summed E-state index contributed by atoms with van der Waals surface area (Å²) in [4.78, 5) is 34.2. The van der Waals surface area contributed by atoms with E-state index in [1.807, 2.05) is 0 Å². The standard InChI is InChI=1S/C16H12Cl2N2O5/c1-9(15(21)19-11-4-2-10(17)3-5-11)25-16(22)13-7-6-12(20(23)24)8-14(13)18/h2-9H,1H3,(H,19,21). The molecule has 2 rings (SSSR count). The van der Waals surface area contributed by atoms with Gasteiger partial charge in [0.1, 0.15) is 0 Å². The molecule has 1 atom stereocenters. The molecule has 0 bridgehead atoms. The van der Waals surface area contributed by atoms with Gasteiger partial charge >= 0.3 is 5.97 Å². The van der Waals surface area contributed by atoms with Gasteiger partial charge in [-0.2, -0.15) is 0 Å². The van der Waals surface area contributed by atoms with Gasteiger partial charge in [0.15, 0.2) is 6.10 Å². The third-order valence-electron chi connectivity index (χ3n) is 3.15. The van der Waals surface area contributed by atoms with Crippen molar-refractivity contribution in [3.63, 3.8) is 0 Å². The Hall–Kier alpha value is -2.64. The average Bonchev–Trinajstić information content (AvgIpc) is 2.56. The summed E-state index contributed by atoms with van der Waals surface area (Å²) in [5.74, 6) is -1.41. The summed E-state index contributed by atoms with van der Waals surface area (Å²) < 4.78 is 5.04. The number of nitrogens with zero attached hydrogens (tertiary/aromatic N) is 1. The van der Waals surface area contributed by atoms with Gasteiger partial charge in [0, 0.05) is 22.8 Å². The zero-order chi connectivity index (χ0) is 18.6. The number of non-ortho nitro benzene ring substituents is 1. The van der Waals surface area contributed by atoms with Crippen LogP contribution < -0.4 is 5.32 Å². The molecule has 0 saturated heterocycles. The number of nitro groups is 1. The van der Waals surface area contributed by atoms with E-state index < -0.39 is 22.9 Å². The average molecular weight is 383 g/mol. The van der Waals surface area contributed by atoms with Crippen molar-refractivity contribution in [1.29, 1.82) is 0 Å². The summed E-state index contributed by atoms with van der Waals surface area (Å²) in [5.41, 5.74) is 0.166. The van der Waals surface area contributed by atoms with Crippen molar-refractivity contribution in [2.75, 3.05) is 5.32 Å². The molecule has 0 fully saturated rings. The van der Waals surface area contributed by atoms with Gasteiger partial charge in [0.25, 0.3) is 11.6 Å². The van der Waals surface area contributed by atoms with Crippen molar-refractivity contribution in [2.24, 2.45) is 0 Å². The molecule has 0 spiro atoms. The molecule has 9 heteroatoms. The lowest BCUT2D eigenvalue weighted by Crippen LogP contribution is -2.30. The van der Waals surface area contributed by atoms with Crippen LogP contribution in [0.15, 0.2) is 42.5 Å². The van der Waals surface area contributed by atoms with E-state index in [0.717, 1.165) is 12.1 Å². The van der Waals surface area contributed by atoms with Crippen LogP contribution >= 0.6 is 23.2 Å². The summed E-state index contributed by atoms with van der Waals surface area (Å²) in [7, 11) is 0. The van der Waals surface area contributed by atoms with E-state index in [0.29, 0.717) is 10.7 Å². The molecule has 1 amide bonds. The minimum atomic E-state index is -1.10. The van der Waals surface area contributed by atoms with Crippen LogP contribution in [0, 0.1) is 10.1 Å². The lowest BCUT2D eigenvalue weighted by molar-refractivity contribution is -0.384. The normalized spacial score (nSPS) is 11.5. The number of hydrogen-bond acceptors (Lipinski definition) is 5. The Bertz CT molecular complexity index is 824. The number of hydrogen-bond donors (Lipinski definition) is 1. The van der Waals surface area contributed by atoms with Gasteiger partial charge in [-0.25, -0.2) is 4.79 Å². The quantitative estimate of drug-likeness (QED) is 0.477. The first kappa shape index (κ1) is 18.7. The topological polar surface area (TPSA) is 98.5 Å². The first-order valence-corrected chi connectivity index (χ1v) is 7.75. The predicted octanol–water partition coefficient (Wildman–Crippen LogP) is 4.09. The van der Waals surface area contributed by atoms with Crippen molar-refractivity contribution in [2.45, 2.75) is 13.0 Å². The number of benzene rings is 2. The van der Waals surface area contributed by atoms with Gasteiger partial charge < -0.3 is 10.1 Å². The summed E-state index contributed by atoms with van der Waals surface area (Å²) in [6, 6.07) is 9.74. The molecule has 7 nitrogen and oxygen atoms in total. The Labute approximate surface area is 152 Å². The molecule has 0 aliphatic heterocycles. The lowest BCUT2D eigenvalue weighted by Gasteiger charge is -2.14. The molecule has 0 saturated carbocycles. The third-order valence-corrected chi connectivity index (χ3v) is 3.71. The number of anilines is 1. The molecule has 0 aliphatic carbocycles. The Morgan fingerprint density at radius 1 is 1.16 bits per heavy atom. The molecule has 0 aliphatic rings. The van der Waals surface area contributed by atoms with Gasteiger partial charge in [-0.1, -0.05) is 23.2 Å². The van der Waals surface area contributed by atoms with E-state index in [1.54, 1.807) is 24.3 Å². The van der Waals surface area contributed by atoms with Crippen LogP contribution in [0.3, 0.4) is 0 Å². The number of halogens is 2. The maximum atomic E-state index is 12.1. The Kier molecular flexibility index (Phi) is 5.95. The molecule has 0 radical (unpaired) electrons. The summed E-state index contributed by atoms with van der Waals surface area (Å²) >= 11 is 11.6. The maximum absolute atomic E-state index is 12.1. The fourth-order valence-corrected chi connectivity index (χ4v) is 2.22. The number of nitro benzene ring substituents is 1. The number of carbonyl (C=O) groups is 2. The molecule has 130 valence electrons. The lowest BCUT2D eigenvalue weighted by atomic mass is 10.2. The van der Waals surface area contributed by atoms with E-state index in [-0.39, 0.29) is 16.3 Å². The van der Waals surface area contributed by atoms with Crippen LogP contribution in [0.1, 0.15) is 17.3 Å². The number of nitrogens with one attached hydrogen (secondary N) is 1. The molecule has 1 unspecified atom stereocenters. The van der Waals surface area contributed by atoms with Crippen molar-refractivity contribution in [3.05, 3.63) is 68.2 Å². The first-order chi connectivity index (χ1) is 11.8. The highest BCUT2D eigenvalue weighted by molar-refractivity contribution is 6.33. The number of amides is 1. The molecular weight excluding hydrogens is 371 g/mol. The van der Waals surface area contributed by atoms with Gasteiger partial charge in [0.2, 0.25) is 0 Å². The summed E-state index contributed by atoms with van der Waals surface area (Å²) in [5, 5.41) is 13.6. The van der Waals surface area contributed by atoms with E-state index in [1.165, 1.54) is 13.0 Å². The maximum Gasteiger partial charge on any atom is 0.340 e. The number of rotatable bonds is 5. The van der Waals surface area contributed by atoms with Crippen molar-refractivity contribution in [1.82, 2.24) is 0 Å². The van der Waals surface area contributed by atoms with Crippen molar-refractivity contribution >= 4 is 46.5 Å². The molecule has 1 N–H and O–H groups in total. The van der Waals surface area contributed by atoms with E-state index in [9.17, 15) is 19.7 Å². The molecule has 0 heterocycles. The largest absolute Gasteiger partial charge is 0.449 e. The molecule has 2 aromatic carbocycles. The zero-order valence-electron chi connectivity index (χ0n) is 12.9. The summed E-state index contributed by atoms with van der Waals surface area (Å²) in [6.45, 7) is 1.39. The van der Waals surface area contributed by atoms with Gasteiger partial charge in [-0.3, -0.25) is 14.9 Å². The molecule has 25 heavy (non-hydrogen) atoms. The Balaban J connectivity index is 2.02. The van der Waals surface area contributed by atoms with Gasteiger partial charge in [0.05, 0.1) is 15.5 Å².